The number of hydrogen-bond donors (Lipinski definition) is 2. The largest absolute Gasteiger partial charge is 0.373 e. The SMILES string of the molecule is CCCNc1ncnc(NCC2(C)CCCO2)c1CC. The third-order valence-electron chi connectivity index (χ3n) is 3.77. The molecule has 1 aliphatic rings. The maximum atomic E-state index is 5.81. The highest BCUT2D eigenvalue weighted by Crippen LogP contribution is 2.27. The second-order valence-corrected chi connectivity index (χ2v) is 5.59. The highest BCUT2D eigenvalue weighted by Gasteiger charge is 2.29. The van der Waals surface area contributed by atoms with E-state index in [2.05, 4.69) is 41.4 Å². The van der Waals surface area contributed by atoms with Crippen molar-refractivity contribution in [3.63, 3.8) is 0 Å². The molecule has 5 heteroatoms. The molecule has 1 aromatic rings. The van der Waals surface area contributed by atoms with Gasteiger partial charge < -0.3 is 15.4 Å². The summed E-state index contributed by atoms with van der Waals surface area (Å²) < 4.78 is 5.81. The molecule has 5 nitrogen and oxygen atoms in total. The van der Waals surface area contributed by atoms with Crippen LogP contribution in [0.1, 0.15) is 45.6 Å². The fraction of sp³-hybridized carbons (Fsp3) is 0.733. The van der Waals surface area contributed by atoms with E-state index in [1.165, 1.54) is 0 Å². The summed E-state index contributed by atoms with van der Waals surface area (Å²) in [5.74, 6) is 1.88. The summed E-state index contributed by atoms with van der Waals surface area (Å²) in [5, 5.41) is 6.82. The second-order valence-electron chi connectivity index (χ2n) is 5.59. The van der Waals surface area contributed by atoms with Gasteiger partial charge in [0.05, 0.1) is 5.60 Å². The summed E-state index contributed by atoms with van der Waals surface area (Å²) >= 11 is 0. The molecule has 1 unspecified atom stereocenters. The summed E-state index contributed by atoms with van der Waals surface area (Å²) in [6.07, 6.45) is 5.87. The second kappa shape index (κ2) is 6.88. The van der Waals surface area contributed by atoms with Crippen LogP contribution < -0.4 is 10.6 Å². The smallest absolute Gasteiger partial charge is 0.134 e. The summed E-state index contributed by atoms with van der Waals surface area (Å²) in [4.78, 5) is 8.74. The Morgan fingerprint density at radius 1 is 1.25 bits per heavy atom. The molecule has 2 rings (SSSR count). The Morgan fingerprint density at radius 2 is 2.00 bits per heavy atom. The lowest BCUT2D eigenvalue weighted by molar-refractivity contribution is 0.0314. The first kappa shape index (κ1) is 15.0. The van der Waals surface area contributed by atoms with Crippen LogP contribution in [0.5, 0.6) is 0 Å². The zero-order valence-corrected chi connectivity index (χ0v) is 12.8. The number of aromatic nitrogens is 2. The maximum absolute atomic E-state index is 5.81. The first-order chi connectivity index (χ1) is 9.68. The summed E-state index contributed by atoms with van der Waals surface area (Å²) in [7, 11) is 0. The van der Waals surface area contributed by atoms with Crippen molar-refractivity contribution in [2.24, 2.45) is 0 Å². The minimum absolute atomic E-state index is 0.0625. The highest BCUT2D eigenvalue weighted by atomic mass is 16.5. The molecule has 0 aliphatic carbocycles. The van der Waals surface area contributed by atoms with E-state index in [4.69, 9.17) is 4.74 Å². The van der Waals surface area contributed by atoms with E-state index in [9.17, 15) is 0 Å². The molecule has 112 valence electrons. The van der Waals surface area contributed by atoms with Crippen molar-refractivity contribution in [2.75, 3.05) is 30.3 Å². The van der Waals surface area contributed by atoms with Crippen LogP contribution in [0.15, 0.2) is 6.33 Å². The number of nitrogens with one attached hydrogen (secondary N) is 2. The standard InChI is InChI=1S/C15H26N4O/c1-4-8-16-13-12(5-2)14(19-11-18-13)17-10-15(3)7-6-9-20-15/h11H,4-10H2,1-3H3,(H2,16,17,18,19). The Labute approximate surface area is 121 Å². The molecular formula is C15H26N4O. The molecule has 0 spiro atoms. The molecule has 1 aliphatic heterocycles. The Hall–Kier alpha value is -1.36. The van der Waals surface area contributed by atoms with E-state index < -0.39 is 0 Å². The Balaban J connectivity index is 2.06. The van der Waals surface area contributed by atoms with E-state index in [0.29, 0.717) is 0 Å². The molecule has 1 saturated heterocycles. The van der Waals surface area contributed by atoms with Crippen molar-refractivity contribution < 1.29 is 4.74 Å². The lowest BCUT2D eigenvalue weighted by Crippen LogP contribution is -2.33. The number of anilines is 2. The van der Waals surface area contributed by atoms with Gasteiger partial charge in [-0.25, -0.2) is 9.97 Å². The monoisotopic (exact) mass is 278 g/mol. The van der Waals surface area contributed by atoms with Crippen molar-refractivity contribution >= 4 is 11.6 Å². The molecule has 0 radical (unpaired) electrons. The zero-order valence-electron chi connectivity index (χ0n) is 12.8. The summed E-state index contributed by atoms with van der Waals surface area (Å²) in [6, 6.07) is 0. The van der Waals surface area contributed by atoms with Crippen LogP contribution in [-0.4, -0.2) is 35.3 Å². The van der Waals surface area contributed by atoms with Crippen molar-refractivity contribution in [1.82, 2.24) is 9.97 Å². The van der Waals surface area contributed by atoms with Gasteiger partial charge in [0.25, 0.3) is 0 Å². The average Bonchev–Trinajstić information content (AvgIpc) is 2.90. The van der Waals surface area contributed by atoms with Crippen molar-refractivity contribution in [2.45, 2.75) is 52.1 Å². The van der Waals surface area contributed by atoms with Gasteiger partial charge in [0.2, 0.25) is 0 Å². The van der Waals surface area contributed by atoms with Gasteiger partial charge in [-0.2, -0.15) is 0 Å². The van der Waals surface area contributed by atoms with Gasteiger partial charge in [-0.3, -0.25) is 0 Å². The van der Waals surface area contributed by atoms with Gasteiger partial charge in [0.1, 0.15) is 18.0 Å². The molecule has 1 aromatic heterocycles. The van der Waals surface area contributed by atoms with Crippen LogP contribution in [0.4, 0.5) is 11.6 Å². The fourth-order valence-electron chi connectivity index (χ4n) is 2.54. The quantitative estimate of drug-likeness (QED) is 0.803. The summed E-state index contributed by atoms with van der Waals surface area (Å²) in [5.41, 5.74) is 1.09. The van der Waals surface area contributed by atoms with Gasteiger partial charge in [-0.1, -0.05) is 13.8 Å². The normalized spacial score (nSPS) is 21.9. The molecule has 0 saturated carbocycles. The number of nitrogens with zero attached hydrogens (tertiary/aromatic N) is 2. The van der Waals surface area contributed by atoms with E-state index in [-0.39, 0.29) is 5.60 Å². The van der Waals surface area contributed by atoms with Crippen LogP contribution in [0, 0.1) is 0 Å². The third-order valence-corrected chi connectivity index (χ3v) is 3.77. The zero-order chi connectivity index (χ0) is 14.4. The maximum Gasteiger partial charge on any atom is 0.134 e. The predicted octanol–water partition coefficient (Wildman–Crippen LogP) is 2.84. The Morgan fingerprint density at radius 3 is 2.60 bits per heavy atom. The van der Waals surface area contributed by atoms with Gasteiger partial charge in [0, 0.05) is 25.3 Å². The van der Waals surface area contributed by atoms with Crippen LogP contribution in [-0.2, 0) is 11.2 Å². The van der Waals surface area contributed by atoms with Crippen molar-refractivity contribution in [3.8, 4) is 0 Å². The van der Waals surface area contributed by atoms with E-state index in [0.717, 1.165) is 62.6 Å². The highest BCUT2D eigenvalue weighted by molar-refractivity contribution is 5.57. The molecule has 0 bridgehead atoms. The molecule has 1 atom stereocenters. The van der Waals surface area contributed by atoms with Gasteiger partial charge in [-0.15, -0.1) is 0 Å². The van der Waals surface area contributed by atoms with Crippen LogP contribution in [0.2, 0.25) is 0 Å². The molecule has 20 heavy (non-hydrogen) atoms. The Kier molecular flexibility index (Phi) is 5.17. The molecule has 0 aromatic carbocycles. The summed E-state index contributed by atoms with van der Waals surface area (Å²) in [6.45, 7) is 9.04. The van der Waals surface area contributed by atoms with Gasteiger partial charge in [0.15, 0.2) is 0 Å². The molecule has 2 N–H and O–H groups in total. The van der Waals surface area contributed by atoms with E-state index in [1.54, 1.807) is 6.33 Å². The van der Waals surface area contributed by atoms with Crippen molar-refractivity contribution in [1.29, 1.82) is 0 Å². The topological polar surface area (TPSA) is 59.1 Å². The number of hydrogen-bond acceptors (Lipinski definition) is 5. The minimum Gasteiger partial charge on any atom is -0.373 e. The molecule has 0 amide bonds. The fourth-order valence-corrected chi connectivity index (χ4v) is 2.54. The first-order valence-electron chi connectivity index (χ1n) is 7.64. The lowest BCUT2D eigenvalue weighted by atomic mass is 10.0. The molecule has 1 fully saturated rings. The number of ether oxygens (including phenoxy) is 1. The van der Waals surface area contributed by atoms with Crippen LogP contribution >= 0.6 is 0 Å². The number of rotatable bonds is 7. The average molecular weight is 278 g/mol. The molecule has 2 heterocycles. The minimum atomic E-state index is -0.0625. The van der Waals surface area contributed by atoms with E-state index in [1.807, 2.05) is 0 Å². The van der Waals surface area contributed by atoms with E-state index >= 15 is 0 Å². The first-order valence-corrected chi connectivity index (χ1v) is 7.64. The molecular weight excluding hydrogens is 252 g/mol. The van der Waals surface area contributed by atoms with Crippen molar-refractivity contribution in [3.05, 3.63) is 11.9 Å². The van der Waals surface area contributed by atoms with Crippen LogP contribution in [0.25, 0.3) is 0 Å². The van der Waals surface area contributed by atoms with Gasteiger partial charge in [-0.05, 0) is 32.6 Å². The third kappa shape index (κ3) is 3.60. The van der Waals surface area contributed by atoms with Crippen LogP contribution in [0.3, 0.4) is 0 Å². The van der Waals surface area contributed by atoms with Gasteiger partial charge >= 0.3 is 0 Å². The lowest BCUT2D eigenvalue weighted by Gasteiger charge is -2.24. The predicted molar refractivity (Wildman–Crippen MR) is 82.3 cm³/mol. The Bertz CT molecular complexity index is 430.